The third-order valence-electron chi connectivity index (χ3n) is 2.94. The van der Waals surface area contributed by atoms with E-state index in [0.29, 0.717) is 17.8 Å². The second-order valence-corrected chi connectivity index (χ2v) is 6.29. The van der Waals surface area contributed by atoms with Gasteiger partial charge in [0.05, 0.1) is 0 Å². The molecule has 0 aromatic heterocycles. The fourth-order valence-electron chi connectivity index (χ4n) is 2.27. The van der Waals surface area contributed by atoms with E-state index in [2.05, 4.69) is 41.5 Å². The molecule has 0 aromatic carbocycles. The average molecular weight is 237 g/mol. The minimum atomic E-state index is -0.419. The molecule has 0 spiro atoms. The smallest absolute Gasteiger partial charge is 0.194 e. The summed E-state index contributed by atoms with van der Waals surface area (Å²) < 4.78 is 6.08. The second-order valence-electron chi connectivity index (χ2n) is 6.29. The molecule has 0 saturated heterocycles. The molecule has 0 atom stereocenters. The van der Waals surface area contributed by atoms with Crippen LogP contribution >= 0.6 is 0 Å². The highest BCUT2D eigenvalue weighted by molar-refractivity contribution is 6.02. The zero-order valence-electron chi connectivity index (χ0n) is 12.6. The van der Waals surface area contributed by atoms with Gasteiger partial charge in [0.25, 0.3) is 0 Å². The predicted octanol–water partition coefficient (Wildman–Crippen LogP) is 4.42. The van der Waals surface area contributed by atoms with Crippen LogP contribution in [0.5, 0.6) is 0 Å². The maximum Gasteiger partial charge on any atom is 0.194 e. The number of hydrogen-bond acceptors (Lipinski definition) is 2. The first-order valence-corrected chi connectivity index (χ1v) is 6.69. The van der Waals surface area contributed by atoms with Crippen molar-refractivity contribution in [3.8, 4) is 0 Å². The third-order valence-corrected chi connectivity index (χ3v) is 2.94. The lowest BCUT2D eigenvalue weighted by Crippen LogP contribution is -2.34. The van der Waals surface area contributed by atoms with Crippen LogP contribution < -0.4 is 0 Å². The fraction of sp³-hybridized carbons (Fsp3) is 0.800. The molecule has 0 fully saturated rings. The largest absolute Gasteiger partial charge is 0.471 e. The van der Waals surface area contributed by atoms with E-state index in [4.69, 9.17) is 9.73 Å². The standard InChI is InChI=1S/C15H27NO/c1-9(2)12-13(10(3)4)16-15(7,8)17-14(12)11(5)6/h9-11H,1-8H3. The highest BCUT2D eigenvalue weighted by Gasteiger charge is 2.33. The number of aliphatic imine (C=N–C) groups is 1. The topological polar surface area (TPSA) is 21.6 Å². The first-order valence-electron chi connectivity index (χ1n) is 6.69. The lowest BCUT2D eigenvalue weighted by Gasteiger charge is -2.36. The Kier molecular flexibility index (Phi) is 4.06. The normalized spacial score (nSPS) is 20.1. The van der Waals surface area contributed by atoms with Gasteiger partial charge in [0.1, 0.15) is 5.76 Å². The summed E-state index contributed by atoms with van der Waals surface area (Å²) in [6.07, 6.45) is 0. The maximum absolute atomic E-state index is 6.08. The molecule has 98 valence electrons. The Morgan fingerprint density at radius 3 is 1.76 bits per heavy atom. The van der Waals surface area contributed by atoms with Gasteiger partial charge in [0.15, 0.2) is 5.72 Å². The SMILES string of the molecule is CC(C)C1=NC(C)(C)OC(C(C)C)=C1C(C)C. The van der Waals surface area contributed by atoms with Crippen molar-refractivity contribution in [1.82, 2.24) is 0 Å². The Morgan fingerprint density at radius 2 is 1.41 bits per heavy atom. The summed E-state index contributed by atoms with van der Waals surface area (Å²) in [6, 6.07) is 0. The molecule has 0 bridgehead atoms. The van der Waals surface area contributed by atoms with Crippen LogP contribution in [-0.4, -0.2) is 11.4 Å². The molecule has 17 heavy (non-hydrogen) atoms. The van der Waals surface area contributed by atoms with Gasteiger partial charge in [-0.2, -0.15) is 0 Å². The molecule has 0 saturated carbocycles. The third kappa shape index (κ3) is 3.11. The van der Waals surface area contributed by atoms with Gasteiger partial charge in [-0.05, 0) is 25.7 Å². The van der Waals surface area contributed by atoms with Crippen LogP contribution in [0.2, 0.25) is 0 Å². The van der Waals surface area contributed by atoms with Gasteiger partial charge in [-0.25, -0.2) is 4.99 Å². The van der Waals surface area contributed by atoms with E-state index < -0.39 is 5.72 Å². The van der Waals surface area contributed by atoms with Gasteiger partial charge >= 0.3 is 0 Å². The molecule has 0 amide bonds. The summed E-state index contributed by atoms with van der Waals surface area (Å²) in [6.45, 7) is 17.3. The van der Waals surface area contributed by atoms with Gasteiger partial charge < -0.3 is 4.74 Å². The van der Waals surface area contributed by atoms with Crippen LogP contribution in [0, 0.1) is 17.8 Å². The van der Waals surface area contributed by atoms with Gasteiger partial charge in [0.2, 0.25) is 0 Å². The van der Waals surface area contributed by atoms with Gasteiger partial charge in [-0.15, -0.1) is 0 Å². The Hall–Kier alpha value is -0.790. The van der Waals surface area contributed by atoms with Crippen molar-refractivity contribution >= 4 is 5.71 Å². The molecule has 1 rings (SSSR count). The van der Waals surface area contributed by atoms with E-state index in [1.165, 1.54) is 11.3 Å². The van der Waals surface area contributed by atoms with Crippen LogP contribution in [0.1, 0.15) is 55.4 Å². The van der Waals surface area contributed by atoms with E-state index in [-0.39, 0.29) is 0 Å². The number of rotatable bonds is 3. The van der Waals surface area contributed by atoms with Crippen molar-refractivity contribution in [2.75, 3.05) is 0 Å². The minimum Gasteiger partial charge on any atom is -0.471 e. The number of hydrogen-bond donors (Lipinski definition) is 0. The van der Waals surface area contributed by atoms with Gasteiger partial charge in [-0.3, -0.25) is 0 Å². The lowest BCUT2D eigenvalue weighted by atomic mass is 9.86. The summed E-state index contributed by atoms with van der Waals surface area (Å²) >= 11 is 0. The van der Waals surface area contributed by atoms with Crippen LogP contribution in [-0.2, 0) is 4.74 Å². The summed E-state index contributed by atoms with van der Waals surface area (Å²) in [5, 5.41) is 0. The average Bonchev–Trinajstić information content (AvgIpc) is 2.14. The van der Waals surface area contributed by atoms with Crippen molar-refractivity contribution < 1.29 is 4.74 Å². The second kappa shape index (κ2) is 4.83. The molecule has 2 nitrogen and oxygen atoms in total. The number of nitrogens with zero attached hydrogens (tertiary/aromatic N) is 1. The molecule has 0 aromatic rings. The van der Waals surface area contributed by atoms with E-state index in [1.54, 1.807) is 0 Å². The summed E-state index contributed by atoms with van der Waals surface area (Å²) in [5.74, 6) is 2.45. The Balaban J connectivity index is 3.35. The van der Waals surface area contributed by atoms with Crippen LogP contribution in [0.3, 0.4) is 0 Å². The molecule has 0 aliphatic carbocycles. The first kappa shape index (κ1) is 14.3. The predicted molar refractivity (Wildman–Crippen MR) is 74.1 cm³/mol. The molecule has 1 aliphatic rings. The lowest BCUT2D eigenvalue weighted by molar-refractivity contribution is 0.0217. The summed E-state index contributed by atoms with van der Waals surface area (Å²) in [5.41, 5.74) is 2.12. The first-order chi connectivity index (χ1) is 7.65. The Bertz CT molecular complexity index is 346. The minimum absolute atomic E-state index is 0.413. The molecule has 0 unspecified atom stereocenters. The molecule has 1 heterocycles. The number of ether oxygens (including phenoxy) is 1. The fourth-order valence-corrected chi connectivity index (χ4v) is 2.27. The van der Waals surface area contributed by atoms with Crippen molar-refractivity contribution in [2.45, 2.75) is 61.1 Å². The van der Waals surface area contributed by atoms with Crippen LogP contribution in [0.25, 0.3) is 0 Å². The van der Waals surface area contributed by atoms with Crippen LogP contribution in [0.4, 0.5) is 0 Å². The maximum atomic E-state index is 6.08. The van der Waals surface area contributed by atoms with Gasteiger partial charge in [0, 0.05) is 17.2 Å². The molecular formula is C15H27NO. The number of allylic oxidation sites excluding steroid dienone is 2. The quantitative estimate of drug-likeness (QED) is 0.712. The van der Waals surface area contributed by atoms with Crippen molar-refractivity contribution in [3.05, 3.63) is 11.3 Å². The highest BCUT2D eigenvalue weighted by Crippen LogP contribution is 2.35. The zero-order chi connectivity index (χ0) is 13.4. The van der Waals surface area contributed by atoms with Crippen LogP contribution in [0.15, 0.2) is 16.3 Å². The van der Waals surface area contributed by atoms with Gasteiger partial charge in [-0.1, -0.05) is 41.5 Å². The monoisotopic (exact) mass is 237 g/mol. The van der Waals surface area contributed by atoms with Crippen molar-refractivity contribution in [2.24, 2.45) is 22.7 Å². The van der Waals surface area contributed by atoms with E-state index >= 15 is 0 Å². The Morgan fingerprint density at radius 1 is 0.882 bits per heavy atom. The van der Waals surface area contributed by atoms with Crippen molar-refractivity contribution in [3.63, 3.8) is 0 Å². The molecular weight excluding hydrogens is 210 g/mol. The Labute approximate surface area is 106 Å². The molecule has 0 N–H and O–H groups in total. The van der Waals surface area contributed by atoms with E-state index in [9.17, 15) is 0 Å². The van der Waals surface area contributed by atoms with E-state index in [1.807, 2.05) is 13.8 Å². The summed E-state index contributed by atoms with van der Waals surface area (Å²) in [4.78, 5) is 4.79. The summed E-state index contributed by atoms with van der Waals surface area (Å²) in [7, 11) is 0. The van der Waals surface area contributed by atoms with E-state index in [0.717, 1.165) is 5.76 Å². The zero-order valence-corrected chi connectivity index (χ0v) is 12.6. The molecule has 2 heteroatoms. The highest BCUT2D eigenvalue weighted by atomic mass is 16.5. The van der Waals surface area contributed by atoms with Crippen molar-refractivity contribution in [1.29, 1.82) is 0 Å². The molecule has 1 aliphatic heterocycles. The molecule has 0 radical (unpaired) electrons.